The van der Waals surface area contributed by atoms with Crippen molar-refractivity contribution in [1.82, 2.24) is 10.6 Å². The van der Waals surface area contributed by atoms with Crippen molar-refractivity contribution in [3.05, 3.63) is 35.4 Å². The standard InChI is InChI=1S/C15H15F3N2O6/c1-2-26-12(23)9-10(7-3-5-8(6-4-7)11(21)22)19-13(24)20-14(9,25)15(16,17)18/h3-6,9-10,25H,2H2,1H3,(H,21,22)(H2,19,20,24)/p-1/t9-,10+,14+/m1/s1. The lowest BCUT2D eigenvalue weighted by Crippen LogP contribution is -2.73. The van der Waals surface area contributed by atoms with Gasteiger partial charge in [-0.05, 0) is 18.1 Å². The number of amides is 2. The summed E-state index contributed by atoms with van der Waals surface area (Å²) in [7, 11) is 0. The Morgan fingerprint density at radius 2 is 1.88 bits per heavy atom. The minimum absolute atomic E-state index is 0.0365. The van der Waals surface area contributed by atoms with Gasteiger partial charge in [-0.25, -0.2) is 4.79 Å². The average molecular weight is 375 g/mol. The molecule has 0 bridgehead atoms. The van der Waals surface area contributed by atoms with E-state index in [-0.39, 0.29) is 17.7 Å². The van der Waals surface area contributed by atoms with E-state index in [0.29, 0.717) is 0 Å². The zero-order chi connectivity index (χ0) is 19.7. The van der Waals surface area contributed by atoms with Gasteiger partial charge in [0.05, 0.1) is 18.6 Å². The Kier molecular flexibility index (Phi) is 5.12. The highest BCUT2D eigenvalue weighted by Gasteiger charge is 2.67. The smallest absolute Gasteiger partial charge is 0.437 e. The summed E-state index contributed by atoms with van der Waals surface area (Å²) in [4.78, 5) is 34.6. The van der Waals surface area contributed by atoms with Crippen LogP contribution in [-0.4, -0.2) is 41.6 Å². The van der Waals surface area contributed by atoms with E-state index in [9.17, 15) is 37.8 Å². The number of ether oxygens (including phenoxy) is 1. The van der Waals surface area contributed by atoms with Gasteiger partial charge in [-0.3, -0.25) is 4.79 Å². The van der Waals surface area contributed by atoms with E-state index in [1.54, 1.807) is 0 Å². The molecule has 1 aliphatic heterocycles. The zero-order valence-electron chi connectivity index (χ0n) is 13.3. The van der Waals surface area contributed by atoms with Crippen LogP contribution in [0.3, 0.4) is 0 Å². The van der Waals surface area contributed by atoms with Crippen LogP contribution in [0.1, 0.15) is 28.9 Å². The monoisotopic (exact) mass is 375 g/mol. The van der Waals surface area contributed by atoms with Crippen molar-refractivity contribution >= 4 is 18.0 Å². The third-order valence-electron chi connectivity index (χ3n) is 3.85. The molecule has 1 fully saturated rings. The minimum atomic E-state index is -5.38. The quantitative estimate of drug-likeness (QED) is 0.627. The highest BCUT2D eigenvalue weighted by molar-refractivity contribution is 5.86. The van der Waals surface area contributed by atoms with E-state index >= 15 is 0 Å². The molecule has 26 heavy (non-hydrogen) atoms. The summed E-state index contributed by atoms with van der Waals surface area (Å²) in [6, 6.07) is 1.29. The second-order valence-electron chi connectivity index (χ2n) is 5.48. The molecule has 0 spiro atoms. The molecular formula is C15H14F3N2O6-. The number of carbonyl (C=O) groups excluding carboxylic acids is 3. The molecule has 1 aliphatic rings. The van der Waals surface area contributed by atoms with Gasteiger partial charge in [-0.1, -0.05) is 24.3 Å². The number of aliphatic hydroxyl groups is 1. The SMILES string of the molecule is CCOC(=O)[C@H]1[C@H](c2ccc(C(=O)[O-])cc2)NC(=O)N[C@@]1(O)C(F)(F)F. The van der Waals surface area contributed by atoms with Crippen molar-refractivity contribution in [1.29, 1.82) is 0 Å². The van der Waals surface area contributed by atoms with Crippen LogP contribution in [0.25, 0.3) is 0 Å². The second-order valence-corrected chi connectivity index (χ2v) is 5.48. The highest BCUT2D eigenvalue weighted by Crippen LogP contribution is 2.43. The summed E-state index contributed by atoms with van der Waals surface area (Å²) in [6.07, 6.45) is -5.38. The van der Waals surface area contributed by atoms with Crippen molar-refractivity contribution < 1.29 is 42.5 Å². The molecule has 142 valence electrons. The lowest BCUT2D eigenvalue weighted by Gasteiger charge is -2.44. The van der Waals surface area contributed by atoms with Gasteiger partial charge >= 0.3 is 18.2 Å². The fourth-order valence-corrected chi connectivity index (χ4v) is 2.64. The summed E-state index contributed by atoms with van der Waals surface area (Å²) in [5.74, 6) is -5.18. The summed E-state index contributed by atoms with van der Waals surface area (Å²) < 4.78 is 44.9. The van der Waals surface area contributed by atoms with Gasteiger partial charge in [0.15, 0.2) is 0 Å². The number of benzene rings is 1. The molecule has 1 heterocycles. The molecule has 8 nitrogen and oxygen atoms in total. The third-order valence-corrected chi connectivity index (χ3v) is 3.85. The Hall–Kier alpha value is -2.82. The van der Waals surface area contributed by atoms with Crippen LogP contribution in [0, 0.1) is 5.92 Å². The summed E-state index contributed by atoms with van der Waals surface area (Å²) in [5, 5.41) is 24.3. The summed E-state index contributed by atoms with van der Waals surface area (Å²) in [6.45, 7) is 1.11. The lowest BCUT2D eigenvalue weighted by atomic mass is 9.82. The number of carbonyl (C=O) groups is 3. The summed E-state index contributed by atoms with van der Waals surface area (Å²) >= 11 is 0. The number of nitrogens with one attached hydrogen (secondary N) is 2. The van der Waals surface area contributed by atoms with Crippen molar-refractivity contribution in [2.75, 3.05) is 6.61 Å². The molecule has 3 N–H and O–H groups in total. The normalized spacial score (nSPS) is 25.8. The lowest BCUT2D eigenvalue weighted by molar-refractivity contribution is -0.294. The van der Waals surface area contributed by atoms with Crippen LogP contribution in [0.4, 0.5) is 18.0 Å². The maximum absolute atomic E-state index is 13.4. The molecule has 0 radical (unpaired) electrons. The highest BCUT2D eigenvalue weighted by atomic mass is 19.4. The van der Waals surface area contributed by atoms with E-state index in [2.05, 4.69) is 10.1 Å². The van der Waals surface area contributed by atoms with Gasteiger partial charge in [0, 0.05) is 0 Å². The predicted molar refractivity (Wildman–Crippen MR) is 76.3 cm³/mol. The van der Waals surface area contributed by atoms with Gasteiger partial charge in [0.1, 0.15) is 5.92 Å². The Balaban J connectivity index is 2.54. The Morgan fingerprint density at radius 1 is 1.31 bits per heavy atom. The first-order valence-corrected chi connectivity index (χ1v) is 7.37. The molecule has 0 aromatic heterocycles. The predicted octanol–water partition coefficient (Wildman–Crippen LogP) is -0.166. The molecule has 2 amide bonds. The first-order valence-electron chi connectivity index (χ1n) is 7.37. The maximum Gasteiger partial charge on any atom is 0.437 e. The van der Waals surface area contributed by atoms with Gasteiger partial charge < -0.3 is 30.4 Å². The molecule has 3 atom stereocenters. The van der Waals surface area contributed by atoms with E-state index in [4.69, 9.17) is 0 Å². The molecule has 1 aromatic rings. The third kappa shape index (κ3) is 3.43. The van der Waals surface area contributed by atoms with Crippen molar-refractivity contribution in [3.8, 4) is 0 Å². The van der Waals surface area contributed by atoms with Crippen molar-refractivity contribution in [2.24, 2.45) is 5.92 Å². The van der Waals surface area contributed by atoms with Crippen LogP contribution in [0.5, 0.6) is 0 Å². The molecular weight excluding hydrogens is 361 g/mol. The molecule has 2 rings (SSSR count). The van der Waals surface area contributed by atoms with Gasteiger partial charge in [0.25, 0.3) is 5.72 Å². The number of carboxylic acids is 1. The number of hydrogen-bond donors (Lipinski definition) is 3. The number of halogens is 3. The average Bonchev–Trinajstić information content (AvgIpc) is 2.53. The fourth-order valence-electron chi connectivity index (χ4n) is 2.64. The van der Waals surface area contributed by atoms with Gasteiger partial charge in [-0.15, -0.1) is 0 Å². The van der Waals surface area contributed by atoms with E-state index in [1.165, 1.54) is 12.2 Å². The first kappa shape index (κ1) is 19.5. The minimum Gasteiger partial charge on any atom is -0.545 e. The molecule has 11 heteroatoms. The van der Waals surface area contributed by atoms with E-state index in [1.807, 2.05) is 0 Å². The van der Waals surface area contributed by atoms with Crippen LogP contribution in [-0.2, 0) is 9.53 Å². The Labute approximate surface area is 144 Å². The number of rotatable bonds is 4. The maximum atomic E-state index is 13.4. The van der Waals surface area contributed by atoms with E-state index < -0.39 is 41.8 Å². The van der Waals surface area contributed by atoms with E-state index in [0.717, 1.165) is 24.3 Å². The van der Waals surface area contributed by atoms with Crippen molar-refractivity contribution in [2.45, 2.75) is 24.9 Å². The van der Waals surface area contributed by atoms with Crippen LogP contribution in [0.15, 0.2) is 24.3 Å². The second kappa shape index (κ2) is 6.83. The number of urea groups is 1. The van der Waals surface area contributed by atoms with Crippen molar-refractivity contribution in [3.63, 3.8) is 0 Å². The zero-order valence-corrected chi connectivity index (χ0v) is 13.3. The summed E-state index contributed by atoms with van der Waals surface area (Å²) in [5.41, 5.74) is -4.17. The number of esters is 1. The van der Waals surface area contributed by atoms with Crippen LogP contribution >= 0.6 is 0 Å². The number of hydrogen-bond acceptors (Lipinski definition) is 6. The molecule has 1 saturated heterocycles. The fraction of sp³-hybridized carbons (Fsp3) is 0.400. The molecule has 0 saturated carbocycles. The van der Waals surface area contributed by atoms with Gasteiger partial charge in [-0.2, -0.15) is 13.2 Å². The molecule has 1 aromatic carbocycles. The number of carboxylic acid groups (broad SMARTS) is 1. The van der Waals surface area contributed by atoms with Gasteiger partial charge in [0.2, 0.25) is 0 Å². The Morgan fingerprint density at radius 3 is 2.35 bits per heavy atom. The topological polar surface area (TPSA) is 128 Å². The Bertz CT molecular complexity index is 721. The number of aromatic carboxylic acids is 1. The first-order chi connectivity index (χ1) is 12.0. The van der Waals surface area contributed by atoms with Crippen LogP contribution < -0.4 is 15.7 Å². The molecule has 0 unspecified atom stereocenters. The molecule has 0 aliphatic carbocycles. The largest absolute Gasteiger partial charge is 0.545 e. The number of alkyl halides is 3. The van der Waals surface area contributed by atoms with Crippen LogP contribution in [0.2, 0.25) is 0 Å².